The van der Waals surface area contributed by atoms with Gasteiger partial charge in [-0.2, -0.15) is 0 Å². The first kappa shape index (κ1) is 44.1. The molecule has 4 amide bonds. The smallest absolute Gasteiger partial charge is 0.407 e. The molecule has 0 saturated carbocycles. The maximum Gasteiger partial charge on any atom is 0.407 e. The van der Waals surface area contributed by atoms with Gasteiger partial charge in [-0.05, 0) is 95.9 Å². The summed E-state index contributed by atoms with van der Waals surface area (Å²) in [6, 6.07) is 19.8. The minimum Gasteiger partial charge on any atom is -0.453 e. The van der Waals surface area contributed by atoms with Gasteiger partial charge in [-0.3, -0.25) is 9.59 Å². The van der Waals surface area contributed by atoms with Crippen LogP contribution in [0.25, 0.3) is 22.1 Å². The molecule has 4 heterocycles. The maximum atomic E-state index is 13.9. The average Bonchev–Trinajstić information content (AvgIpc) is 4.08. The van der Waals surface area contributed by atoms with Gasteiger partial charge in [0.25, 0.3) is 0 Å². The van der Waals surface area contributed by atoms with Gasteiger partial charge in [-0.1, -0.05) is 84.9 Å². The Bertz CT molecular complexity index is 2410. The predicted molar refractivity (Wildman–Crippen MR) is 239 cm³/mol. The number of aromatic nitrogens is 4. The van der Waals surface area contributed by atoms with Crippen molar-refractivity contribution in [2.75, 3.05) is 27.3 Å². The summed E-state index contributed by atoms with van der Waals surface area (Å²) in [6.45, 7) is 15.5. The summed E-state index contributed by atoms with van der Waals surface area (Å²) in [5.41, 5.74) is 8.16. The third-order valence-corrected chi connectivity index (χ3v) is 12.6. The SMILES string of the molecule is COC(=O)NC(C(=O)N1CCCC1c1nc2ccc(CC(c3ccc(C(C)(C)C)cc3)c3ccc4nc(C5CCCN5C(=O)C(NC(=O)OC)C(C)C)[nH]c4c3)cc2[nH]1)C(C)C. The number of hydrogen-bond acceptors (Lipinski definition) is 8. The molecule has 2 aliphatic heterocycles. The fraction of sp³-hybridized carbons (Fsp3) is 0.500. The number of carbonyl (C=O) groups is 4. The molecule has 2 aliphatic rings. The zero-order chi connectivity index (χ0) is 44.5. The molecule has 14 heteroatoms. The number of H-pyrrole nitrogens is 2. The zero-order valence-electron chi connectivity index (χ0n) is 37.5. The van der Waals surface area contributed by atoms with Crippen molar-refractivity contribution >= 4 is 46.1 Å². The van der Waals surface area contributed by atoms with Crippen LogP contribution < -0.4 is 10.6 Å². The van der Waals surface area contributed by atoms with Crippen molar-refractivity contribution in [1.82, 2.24) is 40.4 Å². The highest BCUT2D eigenvalue weighted by Crippen LogP contribution is 2.37. The van der Waals surface area contributed by atoms with Crippen LogP contribution in [-0.2, 0) is 30.9 Å². The van der Waals surface area contributed by atoms with Crippen LogP contribution in [-0.4, -0.2) is 93.1 Å². The van der Waals surface area contributed by atoms with Crippen molar-refractivity contribution in [2.24, 2.45) is 11.8 Å². The van der Waals surface area contributed by atoms with E-state index >= 15 is 0 Å². The lowest BCUT2D eigenvalue weighted by molar-refractivity contribution is -0.136. The third kappa shape index (κ3) is 9.29. The lowest BCUT2D eigenvalue weighted by Crippen LogP contribution is -2.51. The monoisotopic (exact) mass is 846 g/mol. The first-order valence-corrected chi connectivity index (χ1v) is 21.9. The molecule has 5 unspecified atom stereocenters. The van der Waals surface area contributed by atoms with Gasteiger partial charge in [-0.15, -0.1) is 0 Å². The number of nitrogens with zero attached hydrogens (tertiary/aromatic N) is 4. The second kappa shape index (κ2) is 18.2. The molecule has 5 aromatic rings. The van der Waals surface area contributed by atoms with E-state index in [1.165, 1.54) is 25.3 Å². The Balaban J connectivity index is 1.18. The molecule has 3 aromatic carbocycles. The molecule has 2 fully saturated rings. The summed E-state index contributed by atoms with van der Waals surface area (Å²) in [5, 5.41) is 5.46. The van der Waals surface area contributed by atoms with Gasteiger partial charge in [0.2, 0.25) is 11.8 Å². The van der Waals surface area contributed by atoms with Crippen molar-refractivity contribution in [3.05, 3.63) is 94.6 Å². The fourth-order valence-corrected chi connectivity index (χ4v) is 9.05. The lowest BCUT2D eigenvalue weighted by atomic mass is 9.82. The summed E-state index contributed by atoms with van der Waals surface area (Å²) in [6.07, 6.45) is 2.66. The lowest BCUT2D eigenvalue weighted by Gasteiger charge is -2.29. The number of methoxy groups -OCH3 is 2. The van der Waals surface area contributed by atoms with Crippen LogP contribution in [0.3, 0.4) is 0 Å². The number of likely N-dealkylation sites (tertiary alicyclic amines) is 2. The molecule has 2 aromatic heterocycles. The van der Waals surface area contributed by atoms with Gasteiger partial charge < -0.3 is 39.9 Å². The van der Waals surface area contributed by atoms with Crippen molar-refractivity contribution in [3.8, 4) is 0 Å². The van der Waals surface area contributed by atoms with Crippen molar-refractivity contribution in [1.29, 1.82) is 0 Å². The zero-order valence-corrected chi connectivity index (χ0v) is 37.5. The predicted octanol–water partition coefficient (Wildman–Crippen LogP) is 8.20. The second-order valence-electron chi connectivity index (χ2n) is 18.6. The molecule has 0 aliphatic carbocycles. The number of imidazole rings is 2. The summed E-state index contributed by atoms with van der Waals surface area (Å²) < 4.78 is 9.63. The van der Waals surface area contributed by atoms with Crippen LogP contribution in [0.5, 0.6) is 0 Å². The molecule has 2 saturated heterocycles. The van der Waals surface area contributed by atoms with Gasteiger partial charge in [0.15, 0.2) is 0 Å². The molecule has 330 valence electrons. The minimum atomic E-state index is -0.710. The number of ether oxygens (including phenoxy) is 2. The van der Waals surface area contributed by atoms with Crippen LogP contribution in [0.4, 0.5) is 9.59 Å². The Labute approximate surface area is 363 Å². The van der Waals surface area contributed by atoms with E-state index in [4.69, 9.17) is 19.4 Å². The van der Waals surface area contributed by atoms with Crippen LogP contribution in [0.15, 0.2) is 60.7 Å². The number of rotatable bonds is 12. The summed E-state index contributed by atoms with van der Waals surface area (Å²) in [7, 11) is 2.59. The third-order valence-electron chi connectivity index (χ3n) is 12.6. The first-order chi connectivity index (χ1) is 29.6. The van der Waals surface area contributed by atoms with Crippen LogP contribution in [0.2, 0.25) is 0 Å². The van der Waals surface area contributed by atoms with Crippen molar-refractivity contribution < 1.29 is 28.7 Å². The topological polar surface area (TPSA) is 175 Å². The molecule has 14 nitrogen and oxygen atoms in total. The quantitative estimate of drug-likeness (QED) is 0.0972. The highest BCUT2D eigenvalue weighted by atomic mass is 16.5. The highest BCUT2D eigenvalue weighted by Gasteiger charge is 2.39. The summed E-state index contributed by atoms with van der Waals surface area (Å²) in [4.78, 5) is 72.7. The normalized spacial score (nSPS) is 18.4. The van der Waals surface area contributed by atoms with Gasteiger partial charge in [0.1, 0.15) is 23.7 Å². The summed E-state index contributed by atoms with van der Waals surface area (Å²) in [5.74, 6) is 0.939. The standard InChI is InChI=1S/C48H62N8O6/c1-27(2)40(53-46(59)61-8)44(57)55-22-10-12-38(55)42-49-34-20-14-29(25-36(34)51-42)24-33(30-15-18-32(19-16-30)48(5,6)7)31-17-21-35-37(26-31)52-43(50-35)39-13-11-23-56(39)45(58)41(28(3)4)54-47(60)62-9/h14-21,25-28,33,38-41H,10-13,22-24H2,1-9H3,(H,49,51)(H,50,52)(H,53,59)(H,54,60). The fourth-order valence-electron chi connectivity index (χ4n) is 9.05. The molecule has 0 radical (unpaired) electrons. The van der Waals surface area contributed by atoms with Crippen molar-refractivity contribution in [3.63, 3.8) is 0 Å². The molecular formula is C48H62N8O6. The van der Waals surface area contributed by atoms with Gasteiger partial charge in [0, 0.05) is 19.0 Å². The Morgan fingerprint density at radius 1 is 0.694 bits per heavy atom. The Hall–Kier alpha value is -5.92. The molecular weight excluding hydrogens is 785 g/mol. The first-order valence-electron chi connectivity index (χ1n) is 21.9. The largest absolute Gasteiger partial charge is 0.453 e. The average molecular weight is 847 g/mol. The van der Waals surface area contributed by atoms with E-state index in [1.54, 1.807) is 0 Å². The number of benzene rings is 3. The molecule has 0 bridgehead atoms. The maximum absolute atomic E-state index is 13.9. The van der Waals surface area contributed by atoms with Crippen LogP contribution >= 0.6 is 0 Å². The Morgan fingerprint density at radius 3 is 1.63 bits per heavy atom. The number of amides is 4. The highest BCUT2D eigenvalue weighted by molar-refractivity contribution is 5.87. The van der Waals surface area contributed by atoms with Crippen LogP contribution in [0.1, 0.15) is 126 Å². The van der Waals surface area contributed by atoms with Gasteiger partial charge >= 0.3 is 12.2 Å². The number of carbonyl (C=O) groups excluding carboxylic acids is 4. The van der Waals surface area contributed by atoms with Gasteiger partial charge in [0.05, 0.1) is 48.4 Å². The number of hydrogen-bond donors (Lipinski definition) is 4. The van der Waals surface area contributed by atoms with E-state index in [-0.39, 0.29) is 47.1 Å². The summed E-state index contributed by atoms with van der Waals surface area (Å²) >= 11 is 0. The second-order valence-corrected chi connectivity index (χ2v) is 18.6. The van der Waals surface area contributed by atoms with E-state index in [2.05, 4.69) is 96.0 Å². The number of nitrogens with one attached hydrogen (secondary N) is 4. The molecule has 0 spiro atoms. The molecule has 4 N–H and O–H groups in total. The van der Waals surface area contributed by atoms with E-state index in [0.29, 0.717) is 19.5 Å². The van der Waals surface area contributed by atoms with E-state index in [9.17, 15) is 19.2 Å². The van der Waals surface area contributed by atoms with Crippen LogP contribution in [0, 0.1) is 11.8 Å². The Morgan fingerprint density at radius 2 is 1.16 bits per heavy atom. The number of alkyl carbamates (subject to hydrolysis) is 2. The molecule has 7 rings (SSSR count). The minimum absolute atomic E-state index is 0.000939. The van der Waals surface area contributed by atoms with E-state index in [1.807, 2.05) is 43.6 Å². The molecule has 62 heavy (non-hydrogen) atoms. The molecule has 5 atom stereocenters. The van der Waals surface area contributed by atoms with Gasteiger partial charge in [-0.25, -0.2) is 19.6 Å². The number of fused-ring (bicyclic) bond motifs is 2. The van der Waals surface area contributed by atoms with E-state index in [0.717, 1.165) is 70.5 Å². The van der Waals surface area contributed by atoms with Crippen molar-refractivity contribution in [2.45, 2.75) is 116 Å². The number of aromatic amines is 2. The van der Waals surface area contributed by atoms with E-state index < -0.39 is 24.3 Å². The Kier molecular flexibility index (Phi) is 13.0.